The molecule has 2 aromatic rings. The van der Waals surface area contributed by atoms with E-state index in [2.05, 4.69) is 26.2 Å². The van der Waals surface area contributed by atoms with Crippen molar-refractivity contribution in [3.05, 3.63) is 33.9 Å². The number of thioether (sulfide) groups is 1. The number of benzene rings is 1. The van der Waals surface area contributed by atoms with Gasteiger partial charge in [-0.2, -0.15) is 11.8 Å². The molecular formula is C14H14BrN3OS. The van der Waals surface area contributed by atoms with Gasteiger partial charge >= 0.3 is 0 Å². The monoisotopic (exact) mass is 351 g/mol. The van der Waals surface area contributed by atoms with Crippen LogP contribution in [0, 0.1) is 0 Å². The van der Waals surface area contributed by atoms with Crippen LogP contribution in [0.25, 0.3) is 11.4 Å². The Balaban J connectivity index is 2.15. The number of halogens is 1. The van der Waals surface area contributed by atoms with Crippen LogP contribution in [-0.2, 0) is 11.5 Å². The summed E-state index contributed by atoms with van der Waals surface area (Å²) in [6.07, 6.45) is 0. The van der Waals surface area contributed by atoms with Crippen LogP contribution in [0.5, 0.6) is 5.75 Å². The largest absolute Gasteiger partial charge is 0.497 e. The topological polar surface area (TPSA) is 47.0 Å². The fourth-order valence-electron chi connectivity index (χ4n) is 2.18. The zero-order valence-electron chi connectivity index (χ0n) is 11.2. The first-order valence-electron chi connectivity index (χ1n) is 6.22. The number of aromatic nitrogens is 2. The van der Waals surface area contributed by atoms with E-state index in [9.17, 15) is 0 Å². The van der Waals surface area contributed by atoms with Crippen LogP contribution >= 0.6 is 27.7 Å². The first-order valence-corrected chi connectivity index (χ1v) is 8.17. The molecule has 0 radical (unpaired) electrons. The second-order valence-corrected chi connectivity index (χ2v) is 6.25. The van der Waals surface area contributed by atoms with Gasteiger partial charge in [0.1, 0.15) is 11.6 Å². The van der Waals surface area contributed by atoms with Crippen LogP contribution < -0.4 is 10.1 Å². The highest BCUT2D eigenvalue weighted by Gasteiger charge is 2.20. The zero-order chi connectivity index (χ0) is 14.1. The number of fused-ring (bicyclic) bond motifs is 1. The summed E-state index contributed by atoms with van der Waals surface area (Å²) in [5.74, 6) is 4.37. The molecule has 0 spiro atoms. The molecule has 3 rings (SSSR count). The average molecular weight is 352 g/mol. The number of hydrogen-bond acceptors (Lipinski definition) is 5. The van der Waals surface area contributed by atoms with Crippen molar-refractivity contribution in [1.82, 2.24) is 9.97 Å². The first kappa shape index (κ1) is 13.7. The third-order valence-electron chi connectivity index (χ3n) is 3.23. The van der Waals surface area contributed by atoms with E-state index in [0.29, 0.717) is 0 Å². The second kappa shape index (κ2) is 5.61. The second-order valence-electron chi connectivity index (χ2n) is 4.41. The molecule has 1 aromatic carbocycles. The maximum Gasteiger partial charge on any atom is 0.163 e. The van der Waals surface area contributed by atoms with Gasteiger partial charge in [-0.05, 0) is 18.2 Å². The molecule has 2 heterocycles. The summed E-state index contributed by atoms with van der Waals surface area (Å²) in [4.78, 5) is 9.36. The molecule has 104 valence electrons. The Labute approximate surface area is 130 Å². The van der Waals surface area contributed by atoms with Crippen LogP contribution in [0.15, 0.2) is 22.7 Å². The quantitative estimate of drug-likeness (QED) is 0.913. The van der Waals surface area contributed by atoms with Gasteiger partial charge in [-0.15, -0.1) is 0 Å². The van der Waals surface area contributed by atoms with E-state index in [1.165, 1.54) is 5.56 Å². The van der Waals surface area contributed by atoms with Crippen LogP contribution in [-0.4, -0.2) is 24.1 Å². The molecule has 0 amide bonds. The van der Waals surface area contributed by atoms with Gasteiger partial charge in [0.05, 0.1) is 12.8 Å². The number of ether oxygens (including phenoxy) is 1. The molecular weight excluding hydrogens is 338 g/mol. The fraction of sp³-hybridized carbons (Fsp3) is 0.286. The molecule has 0 bridgehead atoms. The maximum absolute atomic E-state index is 5.28. The molecule has 1 aliphatic rings. The minimum atomic E-state index is 0.723. The Kier molecular flexibility index (Phi) is 3.85. The predicted molar refractivity (Wildman–Crippen MR) is 86.3 cm³/mol. The molecule has 0 saturated heterocycles. The normalized spacial score (nSPS) is 13.2. The zero-order valence-corrected chi connectivity index (χ0v) is 13.6. The molecule has 1 N–H and O–H groups in total. The number of rotatable bonds is 3. The highest BCUT2D eigenvalue weighted by molar-refractivity contribution is 9.10. The standard InChI is InChI=1S/C14H14BrN3OS/c1-16-13-10-6-20-7-12(10)17-14(18-13)9-5-8(19-2)3-4-11(9)15/h3-5H,6-7H2,1-2H3,(H,16,17,18). The van der Waals surface area contributed by atoms with Crippen molar-refractivity contribution in [1.29, 1.82) is 0 Å². The smallest absolute Gasteiger partial charge is 0.163 e. The minimum absolute atomic E-state index is 0.723. The number of anilines is 1. The Morgan fingerprint density at radius 1 is 1.30 bits per heavy atom. The van der Waals surface area contributed by atoms with Gasteiger partial charge in [0.25, 0.3) is 0 Å². The van der Waals surface area contributed by atoms with Crippen LogP contribution in [0.1, 0.15) is 11.3 Å². The van der Waals surface area contributed by atoms with E-state index < -0.39 is 0 Å². The lowest BCUT2D eigenvalue weighted by Crippen LogP contribution is -2.03. The molecule has 1 aliphatic heterocycles. The Morgan fingerprint density at radius 2 is 2.15 bits per heavy atom. The van der Waals surface area contributed by atoms with Crippen molar-refractivity contribution >= 4 is 33.5 Å². The summed E-state index contributed by atoms with van der Waals surface area (Å²) in [7, 11) is 3.56. The lowest BCUT2D eigenvalue weighted by molar-refractivity contribution is 0.415. The van der Waals surface area contributed by atoms with Crippen LogP contribution in [0.4, 0.5) is 5.82 Å². The van der Waals surface area contributed by atoms with Gasteiger partial charge in [-0.3, -0.25) is 0 Å². The minimum Gasteiger partial charge on any atom is -0.497 e. The highest BCUT2D eigenvalue weighted by atomic mass is 79.9. The lowest BCUT2D eigenvalue weighted by Gasteiger charge is -2.11. The third-order valence-corrected chi connectivity index (χ3v) is 4.89. The van der Waals surface area contributed by atoms with Crippen molar-refractivity contribution in [3.8, 4) is 17.1 Å². The molecule has 1 aromatic heterocycles. The summed E-state index contributed by atoms with van der Waals surface area (Å²) < 4.78 is 6.25. The molecule has 0 aliphatic carbocycles. The predicted octanol–water partition coefficient (Wildman–Crippen LogP) is 3.70. The third kappa shape index (κ3) is 2.38. The lowest BCUT2D eigenvalue weighted by atomic mass is 10.1. The molecule has 6 heteroatoms. The molecule has 0 fully saturated rings. The van der Waals surface area contributed by atoms with Crippen molar-refractivity contribution in [3.63, 3.8) is 0 Å². The fourth-order valence-corrected chi connectivity index (χ4v) is 3.65. The van der Waals surface area contributed by atoms with Gasteiger partial charge < -0.3 is 10.1 Å². The van der Waals surface area contributed by atoms with Gasteiger partial charge in [0, 0.05) is 34.2 Å². The van der Waals surface area contributed by atoms with Gasteiger partial charge in [-0.1, -0.05) is 15.9 Å². The summed E-state index contributed by atoms with van der Waals surface area (Å²) in [6, 6.07) is 5.82. The molecule has 20 heavy (non-hydrogen) atoms. The number of nitrogens with one attached hydrogen (secondary N) is 1. The van der Waals surface area contributed by atoms with E-state index in [0.717, 1.165) is 44.6 Å². The average Bonchev–Trinajstić information content (AvgIpc) is 2.95. The summed E-state index contributed by atoms with van der Waals surface area (Å²) in [5, 5.41) is 3.17. The number of hydrogen-bond donors (Lipinski definition) is 1. The molecule has 0 atom stereocenters. The van der Waals surface area contributed by atoms with E-state index >= 15 is 0 Å². The van der Waals surface area contributed by atoms with Gasteiger partial charge in [-0.25, -0.2) is 9.97 Å². The van der Waals surface area contributed by atoms with Crippen molar-refractivity contribution in [2.24, 2.45) is 0 Å². The summed E-state index contributed by atoms with van der Waals surface area (Å²) >= 11 is 5.43. The SMILES string of the molecule is CNc1nc(-c2cc(OC)ccc2Br)nc2c1CSC2. The van der Waals surface area contributed by atoms with E-state index in [1.807, 2.05) is 37.0 Å². The van der Waals surface area contributed by atoms with E-state index in [4.69, 9.17) is 9.72 Å². The van der Waals surface area contributed by atoms with E-state index in [1.54, 1.807) is 7.11 Å². The first-order chi connectivity index (χ1) is 9.72. The number of nitrogens with zero attached hydrogens (tertiary/aromatic N) is 2. The number of methoxy groups -OCH3 is 1. The van der Waals surface area contributed by atoms with Gasteiger partial charge in [0.2, 0.25) is 0 Å². The summed E-state index contributed by atoms with van der Waals surface area (Å²) in [5.41, 5.74) is 3.29. The molecule has 4 nitrogen and oxygen atoms in total. The highest BCUT2D eigenvalue weighted by Crippen LogP contribution is 2.36. The van der Waals surface area contributed by atoms with Crippen molar-refractivity contribution < 1.29 is 4.74 Å². The van der Waals surface area contributed by atoms with Crippen molar-refractivity contribution in [2.45, 2.75) is 11.5 Å². The van der Waals surface area contributed by atoms with Crippen LogP contribution in [0.3, 0.4) is 0 Å². The maximum atomic E-state index is 5.28. The van der Waals surface area contributed by atoms with Gasteiger partial charge in [0.15, 0.2) is 5.82 Å². The van der Waals surface area contributed by atoms with Crippen molar-refractivity contribution in [2.75, 3.05) is 19.5 Å². The Bertz CT molecular complexity index is 663. The molecule has 0 unspecified atom stereocenters. The van der Waals surface area contributed by atoms with Crippen LogP contribution in [0.2, 0.25) is 0 Å². The Hall–Kier alpha value is -1.27. The van der Waals surface area contributed by atoms with E-state index in [-0.39, 0.29) is 0 Å². The molecule has 0 saturated carbocycles. The Morgan fingerprint density at radius 3 is 2.90 bits per heavy atom. The summed E-state index contributed by atoms with van der Waals surface area (Å²) in [6.45, 7) is 0.